The van der Waals surface area contributed by atoms with E-state index in [0.29, 0.717) is 29.9 Å². The number of carbonyl (C=O) groups is 2. The second-order valence-electron chi connectivity index (χ2n) is 6.23. The Hall–Kier alpha value is -3.49. The summed E-state index contributed by atoms with van der Waals surface area (Å²) in [5.74, 6) is -0.205. The van der Waals surface area contributed by atoms with Crippen molar-refractivity contribution in [1.29, 1.82) is 0 Å². The first-order chi connectivity index (χ1) is 13.4. The van der Waals surface area contributed by atoms with Gasteiger partial charge in [-0.3, -0.25) is 14.9 Å². The highest BCUT2D eigenvalue weighted by atomic mass is 16.6. The summed E-state index contributed by atoms with van der Waals surface area (Å²) in [6.07, 6.45) is 2.07. The first-order valence-corrected chi connectivity index (χ1v) is 8.83. The molecule has 0 spiro atoms. The van der Waals surface area contributed by atoms with Gasteiger partial charge in [0.2, 0.25) is 5.76 Å². The number of aryl methyl sites for hydroxylation is 1. The molecule has 1 N–H and O–H groups in total. The van der Waals surface area contributed by atoms with E-state index >= 15 is 0 Å². The Bertz CT molecular complexity index is 959. The molecule has 9 heteroatoms. The van der Waals surface area contributed by atoms with Crippen molar-refractivity contribution in [1.82, 2.24) is 5.43 Å². The topological polar surface area (TPSA) is 124 Å². The summed E-state index contributed by atoms with van der Waals surface area (Å²) in [4.78, 5) is 34.5. The summed E-state index contributed by atoms with van der Waals surface area (Å²) in [7, 11) is 0. The maximum Gasteiger partial charge on any atom is 0.374 e. The average Bonchev–Trinajstić information content (AvgIpc) is 3.04. The van der Waals surface area contributed by atoms with E-state index in [4.69, 9.17) is 9.15 Å². The van der Waals surface area contributed by atoms with Gasteiger partial charge in [0.1, 0.15) is 5.76 Å². The van der Waals surface area contributed by atoms with Crippen LogP contribution < -0.4 is 5.43 Å². The van der Waals surface area contributed by atoms with Gasteiger partial charge in [0.25, 0.3) is 11.6 Å². The van der Waals surface area contributed by atoms with Gasteiger partial charge in [-0.1, -0.05) is 0 Å². The van der Waals surface area contributed by atoms with E-state index in [1.54, 1.807) is 13.8 Å². The minimum atomic E-state index is -0.533. The molecule has 1 amide bonds. The predicted molar refractivity (Wildman–Crippen MR) is 99.4 cm³/mol. The number of hydrazone groups is 1. The zero-order valence-corrected chi connectivity index (χ0v) is 15.5. The van der Waals surface area contributed by atoms with Gasteiger partial charge >= 0.3 is 5.97 Å². The molecule has 1 aromatic heterocycles. The summed E-state index contributed by atoms with van der Waals surface area (Å²) < 4.78 is 10.7. The van der Waals surface area contributed by atoms with Crippen molar-refractivity contribution < 1.29 is 23.7 Å². The molecule has 1 heterocycles. The highest BCUT2D eigenvalue weighted by molar-refractivity contribution is 6.06. The van der Waals surface area contributed by atoms with Gasteiger partial charge in [-0.2, -0.15) is 5.10 Å². The predicted octanol–water partition coefficient (Wildman–Crippen LogP) is 3.14. The van der Waals surface area contributed by atoms with Gasteiger partial charge in [0.15, 0.2) is 0 Å². The van der Waals surface area contributed by atoms with Crippen LogP contribution in [0.3, 0.4) is 0 Å². The van der Waals surface area contributed by atoms with E-state index in [9.17, 15) is 19.7 Å². The molecular formula is C19H19N3O6. The number of nitro groups is 1. The lowest BCUT2D eigenvalue weighted by atomic mass is 9.93. The normalized spacial score (nSPS) is 14.4. The second kappa shape index (κ2) is 8.03. The Kier molecular flexibility index (Phi) is 5.53. The lowest BCUT2D eigenvalue weighted by Crippen LogP contribution is -2.22. The number of hydrogen-bond donors (Lipinski definition) is 1. The van der Waals surface area contributed by atoms with Gasteiger partial charge in [-0.25, -0.2) is 10.2 Å². The molecule has 0 saturated carbocycles. The molecule has 2 aromatic rings. The molecule has 3 rings (SSSR count). The fraction of sp³-hybridized carbons (Fsp3) is 0.316. The standard InChI is InChI=1S/C19H19N3O6/c1-3-27-19(24)17-11(2)16-14(5-4-6-15(16)28-17)20-21-18(23)12-7-9-13(10-8-12)22(25)26/h7-10H,3-6H2,1-2H3,(H,21,23)/b20-14+. The minimum Gasteiger partial charge on any atom is -0.460 e. The van der Waals surface area contributed by atoms with Crippen molar-refractivity contribution in [2.75, 3.05) is 6.61 Å². The van der Waals surface area contributed by atoms with Crippen LogP contribution in [0.5, 0.6) is 0 Å². The first kappa shape index (κ1) is 19.3. The van der Waals surface area contributed by atoms with Crippen molar-refractivity contribution in [2.24, 2.45) is 5.10 Å². The van der Waals surface area contributed by atoms with Crippen molar-refractivity contribution in [3.8, 4) is 0 Å². The van der Waals surface area contributed by atoms with Crippen molar-refractivity contribution in [2.45, 2.75) is 33.1 Å². The number of amides is 1. The molecule has 28 heavy (non-hydrogen) atoms. The molecule has 1 aromatic carbocycles. The number of non-ortho nitro benzene ring substituents is 1. The summed E-state index contributed by atoms with van der Waals surface area (Å²) >= 11 is 0. The summed E-state index contributed by atoms with van der Waals surface area (Å²) in [6.45, 7) is 3.72. The van der Waals surface area contributed by atoms with Crippen molar-refractivity contribution in [3.63, 3.8) is 0 Å². The molecule has 9 nitrogen and oxygen atoms in total. The molecule has 0 radical (unpaired) electrons. The van der Waals surface area contributed by atoms with Crippen molar-refractivity contribution in [3.05, 3.63) is 62.6 Å². The number of esters is 1. The number of furan rings is 1. The number of carbonyl (C=O) groups excluding carboxylic acids is 2. The van der Waals surface area contributed by atoms with Gasteiger partial charge in [-0.05, 0) is 38.8 Å². The van der Waals surface area contributed by atoms with Crippen LogP contribution >= 0.6 is 0 Å². The first-order valence-electron chi connectivity index (χ1n) is 8.83. The van der Waals surface area contributed by atoms with Crippen LogP contribution in [0.25, 0.3) is 0 Å². The lowest BCUT2D eigenvalue weighted by Gasteiger charge is -2.13. The van der Waals surface area contributed by atoms with Gasteiger partial charge in [0.05, 0.1) is 17.2 Å². The summed E-state index contributed by atoms with van der Waals surface area (Å²) in [5.41, 5.74) is 4.60. The van der Waals surface area contributed by atoms with Gasteiger partial charge in [-0.15, -0.1) is 0 Å². The third-order valence-electron chi connectivity index (χ3n) is 4.42. The monoisotopic (exact) mass is 385 g/mol. The van der Waals surface area contributed by atoms with Gasteiger partial charge in [0, 0.05) is 35.2 Å². The number of ether oxygens (including phenoxy) is 1. The van der Waals surface area contributed by atoms with Crippen LogP contribution in [0.15, 0.2) is 33.8 Å². The number of nitro benzene ring substituents is 1. The summed E-state index contributed by atoms with van der Waals surface area (Å²) in [5, 5.41) is 14.9. The van der Waals surface area contributed by atoms with E-state index in [1.807, 2.05) is 0 Å². The largest absolute Gasteiger partial charge is 0.460 e. The zero-order valence-electron chi connectivity index (χ0n) is 15.5. The molecule has 0 atom stereocenters. The smallest absolute Gasteiger partial charge is 0.374 e. The van der Waals surface area contributed by atoms with Crippen LogP contribution in [0.2, 0.25) is 0 Å². The molecule has 0 saturated heterocycles. The summed E-state index contributed by atoms with van der Waals surface area (Å²) in [6, 6.07) is 5.24. The van der Waals surface area contributed by atoms with Crippen LogP contribution in [-0.2, 0) is 11.2 Å². The maximum absolute atomic E-state index is 12.3. The van der Waals surface area contributed by atoms with E-state index in [0.717, 1.165) is 12.0 Å². The highest BCUT2D eigenvalue weighted by Gasteiger charge is 2.28. The quantitative estimate of drug-likeness (QED) is 0.479. The average molecular weight is 385 g/mol. The fourth-order valence-corrected chi connectivity index (χ4v) is 3.09. The van der Waals surface area contributed by atoms with Crippen LogP contribution in [0, 0.1) is 17.0 Å². The number of hydrogen-bond acceptors (Lipinski definition) is 7. The Morgan fingerprint density at radius 3 is 2.64 bits per heavy atom. The Labute approximate surface area is 160 Å². The lowest BCUT2D eigenvalue weighted by molar-refractivity contribution is -0.384. The number of benzene rings is 1. The molecule has 0 fully saturated rings. The molecule has 146 valence electrons. The van der Waals surface area contributed by atoms with Crippen LogP contribution in [0.1, 0.15) is 57.6 Å². The van der Waals surface area contributed by atoms with Crippen LogP contribution in [-0.4, -0.2) is 29.1 Å². The molecule has 1 aliphatic carbocycles. The zero-order chi connectivity index (χ0) is 20.3. The second-order valence-corrected chi connectivity index (χ2v) is 6.23. The molecule has 0 bridgehead atoms. The maximum atomic E-state index is 12.3. The van der Waals surface area contributed by atoms with E-state index in [1.165, 1.54) is 24.3 Å². The number of nitrogens with one attached hydrogen (secondary N) is 1. The fourth-order valence-electron chi connectivity index (χ4n) is 3.09. The van der Waals surface area contributed by atoms with E-state index in [-0.39, 0.29) is 23.6 Å². The van der Waals surface area contributed by atoms with E-state index < -0.39 is 16.8 Å². The highest BCUT2D eigenvalue weighted by Crippen LogP contribution is 2.30. The van der Waals surface area contributed by atoms with Crippen molar-refractivity contribution >= 4 is 23.3 Å². The third-order valence-corrected chi connectivity index (χ3v) is 4.42. The van der Waals surface area contributed by atoms with Crippen LogP contribution in [0.4, 0.5) is 5.69 Å². The molecule has 0 unspecified atom stereocenters. The Balaban J connectivity index is 1.81. The van der Waals surface area contributed by atoms with Gasteiger partial charge < -0.3 is 9.15 Å². The third kappa shape index (κ3) is 3.78. The number of nitrogens with zero attached hydrogens (tertiary/aromatic N) is 2. The molecular weight excluding hydrogens is 366 g/mol. The van der Waals surface area contributed by atoms with E-state index in [2.05, 4.69) is 10.5 Å². The molecule has 0 aliphatic heterocycles. The Morgan fingerprint density at radius 1 is 1.29 bits per heavy atom. The number of rotatable bonds is 5. The minimum absolute atomic E-state index is 0.0969. The molecule has 1 aliphatic rings. The Morgan fingerprint density at radius 2 is 2.00 bits per heavy atom. The number of fused-ring (bicyclic) bond motifs is 1. The SMILES string of the molecule is CCOC(=O)c1oc2c(c1C)/C(=N/NC(=O)c1ccc([N+](=O)[O-])cc1)CCC2.